The molecule has 0 fully saturated rings. The van der Waals surface area contributed by atoms with Crippen molar-refractivity contribution in [1.82, 2.24) is 0 Å². The van der Waals surface area contributed by atoms with Crippen molar-refractivity contribution in [2.24, 2.45) is 0 Å². The number of hydrogen-bond donors (Lipinski definition) is 1. The molecule has 0 aliphatic carbocycles. The van der Waals surface area contributed by atoms with Gasteiger partial charge in [-0.3, -0.25) is 4.90 Å². The van der Waals surface area contributed by atoms with Crippen LogP contribution in [0.15, 0.2) is 84.9 Å². The fraction of sp³-hybridized carbons (Fsp3) is 0.0909. The molecule has 27 heavy (non-hydrogen) atoms. The largest absolute Gasteiger partial charge is 0.465 e. The zero-order chi connectivity index (χ0) is 19.1. The van der Waals surface area contributed by atoms with Gasteiger partial charge in [0.15, 0.2) is 0 Å². The van der Waals surface area contributed by atoms with Gasteiger partial charge in [0, 0.05) is 11.4 Å². The van der Waals surface area contributed by atoms with Gasteiger partial charge in [-0.05, 0) is 42.0 Å². The molecular formula is C22H20N2O3. The van der Waals surface area contributed by atoms with Gasteiger partial charge in [0.1, 0.15) is 0 Å². The molecule has 0 bridgehead atoms. The van der Waals surface area contributed by atoms with Crippen LogP contribution in [-0.4, -0.2) is 19.1 Å². The number of esters is 1. The summed E-state index contributed by atoms with van der Waals surface area (Å²) in [5, 5.41) is 2.88. The molecule has 0 saturated heterocycles. The molecule has 3 aromatic rings. The fourth-order valence-corrected chi connectivity index (χ4v) is 2.65. The zero-order valence-electron chi connectivity index (χ0n) is 15.0. The highest BCUT2D eigenvalue weighted by Crippen LogP contribution is 2.19. The molecule has 136 valence electrons. The maximum atomic E-state index is 12.9. The third kappa shape index (κ3) is 4.73. The number of urea groups is 1. The SMILES string of the molecule is COC(=O)c1ccc(NC(=O)N(Cc2ccccc2)c2ccccc2)cc1. The standard InChI is InChI=1S/C22H20N2O3/c1-27-21(25)18-12-14-19(15-13-18)23-22(26)24(20-10-6-3-7-11-20)16-17-8-4-2-5-9-17/h2-15H,16H2,1H3,(H,23,26). The van der Waals surface area contributed by atoms with Crippen LogP contribution in [0.1, 0.15) is 15.9 Å². The monoisotopic (exact) mass is 360 g/mol. The van der Waals surface area contributed by atoms with Gasteiger partial charge in [0.2, 0.25) is 0 Å². The quantitative estimate of drug-likeness (QED) is 0.670. The minimum atomic E-state index is -0.414. The van der Waals surface area contributed by atoms with Crippen molar-refractivity contribution in [3.05, 3.63) is 96.1 Å². The van der Waals surface area contributed by atoms with E-state index in [1.807, 2.05) is 60.7 Å². The summed E-state index contributed by atoms with van der Waals surface area (Å²) in [7, 11) is 1.33. The van der Waals surface area contributed by atoms with E-state index in [9.17, 15) is 9.59 Å². The van der Waals surface area contributed by atoms with Crippen LogP contribution in [0.5, 0.6) is 0 Å². The maximum Gasteiger partial charge on any atom is 0.337 e. The summed E-state index contributed by atoms with van der Waals surface area (Å²) in [5.41, 5.74) is 2.85. The molecule has 0 spiro atoms. The summed E-state index contributed by atoms with van der Waals surface area (Å²) in [6, 6.07) is 25.6. The zero-order valence-corrected chi connectivity index (χ0v) is 15.0. The van der Waals surface area contributed by atoms with E-state index in [0.29, 0.717) is 17.8 Å². The van der Waals surface area contributed by atoms with E-state index >= 15 is 0 Å². The first-order valence-electron chi connectivity index (χ1n) is 8.53. The second kappa shape index (κ2) is 8.67. The lowest BCUT2D eigenvalue weighted by molar-refractivity contribution is 0.0601. The van der Waals surface area contributed by atoms with E-state index in [0.717, 1.165) is 11.3 Å². The van der Waals surface area contributed by atoms with Crippen LogP contribution >= 0.6 is 0 Å². The molecule has 0 unspecified atom stereocenters. The molecular weight excluding hydrogens is 340 g/mol. The van der Waals surface area contributed by atoms with Crippen molar-refractivity contribution < 1.29 is 14.3 Å². The van der Waals surface area contributed by atoms with Crippen LogP contribution in [0.25, 0.3) is 0 Å². The average Bonchev–Trinajstić information content (AvgIpc) is 2.73. The summed E-state index contributed by atoms with van der Waals surface area (Å²) < 4.78 is 4.69. The minimum Gasteiger partial charge on any atom is -0.465 e. The summed E-state index contributed by atoms with van der Waals surface area (Å²) in [4.78, 5) is 26.1. The van der Waals surface area contributed by atoms with Crippen LogP contribution in [0.3, 0.4) is 0 Å². The van der Waals surface area contributed by atoms with Crippen LogP contribution in [0, 0.1) is 0 Å². The first-order valence-corrected chi connectivity index (χ1v) is 8.53. The van der Waals surface area contributed by atoms with Gasteiger partial charge >= 0.3 is 12.0 Å². The van der Waals surface area contributed by atoms with Gasteiger partial charge in [-0.15, -0.1) is 0 Å². The third-order valence-electron chi connectivity index (χ3n) is 4.05. The molecule has 5 nitrogen and oxygen atoms in total. The smallest absolute Gasteiger partial charge is 0.337 e. The highest BCUT2D eigenvalue weighted by Gasteiger charge is 2.16. The Morgan fingerprint density at radius 2 is 1.44 bits per heavy atom. The predicted molar refractivity (Wildman–Crippen MR) is 106 cm³/mol. The van der Waals surface area contributed by atoms with E-state index in [1.165, 1.54) is 7.11 Å². The molecule has 3 rings (SSSR count). The highest BCUT2D eigenvalue weighted by atomic mass is 16.5. The molecule has 0 heterocycles. The maximum absolute atomic E-state index is 12.9. The van der Waals surface area contributed by atoms with Crippen molar-refractivity contribution in [1.29, 1.82) is 0 Å². The van der Waals surface area contributed by atoms with Crippen molar-refractivity contribution in [3.63, 3.8) is 0 Å². The van der Waals surface area contributed by atoms with E-state index < -0.39 is 5.97 Å². The number of rotatable bonds is 5. The molecule has 0 saturated carbocycles. The van der Waals surface area contributed by atoms with Crippen LogP contribution < -0.4 is 10.2 Å². The minimum absolute atomic E-state index is 0.254. The number of benzene rings is 3. The molecule has 5 heteroatoms. The van der Waals surface area contributed by atoms with E-state index in [4.69, 9.17) is 0 Å². The van der Waals surface area contributed by atoms with Gasteiger partial charge < -0.3 is 10.1 Å². The number of amides is 2. The Kier molecular flexibility index (Phi) is 5.84. The lowest BCUT2D eigenvalue weighted by Crippen LogP contribution is -2.34. The van der Waals surface area contributed by atoms with Gasteiger partial charge in [-0.2, -0.15) is 0 Å². The molecule has 1 N–H and O–H groups in total. The number of ether oxygens (including phenoxy) is 1. The van der Waals surface area contributed by atoms with E-state index in [-0.39, 0.29) is 6.03 Å². The number of hydrogen-bond acceptors (Lipinski definition) is 3. The summed E-state index contributed by atoms with van der Waals surface area (Å²) in [6.45, 7) is 0.441. The van der Waals surface area contributed by atoms with Crippen molar-refractivity contribution >= 4 is 23.4 Å². The normalized spacial score (nSPS) is 10.1. The van der Waals surface area contributed by atoms with Crippen molar-refractivity contribution in [2.45, 2.75) is 6.54 Å². The van der Waals surface area contributed by atoms with Crippen LogP contribution in [-0.2, 0) is 11.3 Å². The number of methoxy groups -OCH3 is 1. The van der Waals surface area contributed by atoms with Gasteiger partial charge in [0.05, 0.1) is 19.2 Å². The fourth-order valence-electron chi connectivity index (χ4n) is 2.65. The Hall–Kier alpha value is -3.60. The summed E-state index contributed by atoms with van der Waals surface area (Å²) in [5.74, 6) is -0.414. The highest BCUT2D eigenvalue weighted by molar-refractivity contribution is 6.02. The topological polar surface area (TPSA) is 58.6 Å². The van der Waals surface area contributed by atoms with Crippen molar-refractivity contribution in [3.8, 4) is 0 Å². The number of para-hydroxylation sites is 1. The number of carbonyl (C=O) groups excluding carboxylic acids is 2. The Morgan fingerprint density at radius 1 is 0.852 bits per heavy atom. The lowest BCUT2D eigenvalue weighted by Gasteiger charge is -2.23. The van der Waals surface area contributed by atoms with Gasteiger partial charge in [-0.25, -0.2) is 9.59 Å². The molecule has 0 radical (unpaired) electrons. The summed E-state index contributed by atoms with van der Waals surface area (Å²) in [6.07, 6.45) is 0. The lowest BCUT2D eigenvalue weighted by atomic mass is 10.2. The average molecular weight is 360 g/mol. The van der Waals surface area contributed by atoms with Crippen LogP contribution in [0.2, 0.25) is 0 Å². The van der Waals surface area contributed by atoms with E-state index in [1.54, 1.807) is 29.2 Å². The number of carbonyl (C=O) groups is 2. The summed E-state index contributed by atoms with van der Waals surface area (Å²) >= 11 is 0. The Morgan fingerprint density at radius 3 is 2.04 bits per heavy atom. The first-order chi connectivity index (χ1) is 13.2. The number of anilines is 2. The molecule has 3 aromatic carbocycles. The molecule has 0 atom stereocenters. The Balaban J connectivity index is 1.79. The van der Waals surface area contributed by atoms with Crippen LogP contribution in [0.4, 0.5) is 16.2 Å². The van der Waals surface area contributed by atoms with Crippen molar-refractivity contribution in [2.75, 3.05) is 17.3 Å². The molecule has 0 aliphatic rings. The number of nitrogens with one attached hydrogen (secondary N) is 1. The van der Waals surface area contributed by atoms with Gasteiger partial charge in [0.25, 0.3) is 0 Å². The van der Waals surface area contributed by atoms with Gasteiger partial charge in [-0.1, -0.05) is 48.5 Å². The predicted octanol–water partition coefficient (Wildman–Crippen LogP) is 4.71. The second-order valence-corrected chi connectivity index (χ2v) is 5.91. The second-order valence-electron chi connectivity index (χ2n) is 5.91. The molecule has 0 aromatic heterocycles. The number of nitrogens with zero attached hydrogens (tertiary/aromatic N) is 1. The molecule has 2 amide bonds. The molecule has 0 aliphatic heterocycles. The Bertz CT molecular complexity index is 894. The van der Waals surface area contributed by atoms with E-state index in [2.05, 4.69) is 10.1 Å². The first kappa shape index (κ1) is 18.2. The third-order valence-corrected chi connectivity index (χ3v) is 4.05. The Labute approximate surface area is 158 Å².